The van der Waals surface area contributed by atoms with Crippen molar-refractivity contribution in [3.05, 3.63) is 59.8 Å². The molecular formula is C19H23N3O3. The molecule has 0 radical (unpaired) electrons. The molecule has 6 heteroatoms. The molecule has 1 amide bonds. The summed E-state index contributed by atoms with van der Waals surface area (Å²) in [5.41, 5.74) is 7.74. The standard InChI is InChI=1S/C19H23N3O3/c20-17-13-16(9-11-21-17)7-4-8-18(23)22(14-19(24)25)12-10-15-5-2-1-3-6-15/h1-3,5-6,9,11,13H,4,7-8,10,12,14H2,(H2,20,21)(H,24,25). The zero-order valence-electron chi connectivity index (χ0n) is 14.1. The van der Waals surface area contributed by atoms with Crippen LogP contribution in [0, 0.1) is 0 Å². The van der Waals surface area contributed by atoms with Crippen LogP contribution in [0.1, 0.15) is 24.0 Å². The predicted octanol–water partition coefficient (Wildman–Crippen LogP) is 2.14. The number of anilines is 1. The lowest BCUT2D eigenvalue weighted by molar-refractivity contribution is -0.144. The second kappa shape index (κ2) is 9.42. The number of carboxylic acid groups (broad SMARTS) is 1. The van der Waals surface area contributed by atoms with Gasteiger partial charge in [0.2, 0.25) is 5.91 Å². The summed E-state index contributed by atoms with van der Waals surface area (Å²) in [7, 11) is 0. The molecule has 0 aliphatic carbocycles. The minimum absolute atomic E-state index is 0.139. The summed E-state index contributed by atoms with van der Waals surface area (Å²) in [6.07, 6.45) is 3.94. The number of carbonyl (C=O) groups is 2. The maximum atomic E-state index is 12.4. The summed E-state index contributed by atoms with van der Waals surface area (Å²) in [6, 6.07) is 13.4. The number of hydrogen-bond donors (Lipinski definition) is 2. The van der Waals surface area contributed by atoms with Gasteiger partial charge in [-0.2, -0.15) is 0 Å². The van der Waals surface area contributed by atoms with E-state index in [1.165, 1.54) is 4.90 Å². The quantitative estimate of drug-likeness (QED) is 0.728. The number of carboxylic acids is 1. The number of carbonyl (C=O) groups excluding carboxylic acids is 1. The highest BCUT2D eigenvalue weighted by Crippen LogP contribution is 2.09. The normalized spacial score (nSPS) is 10.4. The van der Waals surface area contributed by atoms with E-state index in [1.807, 2.05) is 36.4 Å². The Morgan fingerprint density at radius 3 is 2.52 bits per heavy atom. The number of nitrogens with two attached hydrogens (primary N) is 1. The Hall–Kier alpha value is -2.89. The summed E-state index contributed by atoms with van der Waals surface area (Å²) >= 11 is 0. The third-order valence-corrected chi connectivity index (χ3v) is 3.89. The molecule has 2 rings (SSSR count). The molecule has 25 heavy (non-hydrogen) atoms. The lowest BCUT2D eigenvalue weighted by Crippen LogP contribution is -2.37. The number of benzene rings is 1. The molecular weight excluding hydrogens is 318 g/mol. The minimum atomic E-state index is -0.997. The Morgan fingerprint density at radius 2 is 1.84 bits per heavy atom. The Morgan fingerprint density at radius 1 is 1.08 bits per heavy atom. The van der Waals surface area contributed by atoms with E-state index in [2.05, 4.69) is 4.98 Å². The van der Waals surface area contributed by atoms with E-state index in [-0.39, 0.29) is 12.5 Å². The summed E-state index contributed by atoms with van der Waals surface area (Å²) in [5.74, 6) is -0.678. The number of amides is 1. The van der Waals surface area contributed by atoms with E-state index < -0.39 is 5.97 Å². The molecule has 132 valence electrons. The average molecular weight is 341 g/mol. The van der Waals surface area contributed by atoms with Crippen LogP contribution < -0.4 is 5.73 Å². The zero-order chi connectivity index (χ0) is 18.1. The summed E-state index contributed by atoms with van der Waals surface area (Å²) in [6.45, 7) is 0.130. The van der Waals surface area contributed by atoms with E-state index in [0.29, 0.717) is 38.0 Å². The van der Waals surface area contributed by atoms with Crippen molar-refractivity contribution in [1.29, 1.82) is 0 Å². The maximum absolute atomic E-state index is 12.4. The van der Waals surface area contributed by atoms with Gasteiger partial charge in [0.05, 0.1) is 0 Å². The fourth-order valence-electron chi connectivity index (χ4n) is 2.62. The lowest BCUT2D eigenvalue weighted by Gasteiger charge is -2.21. The van der Waals surface area contributed by atoms with Crippen LogP contribution in [-0.2, 0) is 22.4 Å². The molecule has 0 saturated heterocycles. The molecule has 0 atom stereocenters. The van der Waals surface area contributed by atoms with Gasteiger partial charge in [-0.05, 0) is 42.5 Å². The Kier molecular flexibility index (Phi) is 6.95. The number of hydrogen-bond acceptors (Lipinski definition) is 4. The zero-order valence-corrected chi connectivity index (χ0v) is 14.1. The van der Waals surface area contributed by atoms with Gasteiger partial charge < -0.3 is 15.7 Å². The average Bonchev–Trinajstić information content (AvgIpc) is 2.59. The molecule has 0 unspecified atom stereocenters. The molecule has 0 spiro atoms. The van der Waals surface area contributed by atoms with Gasteiger partial charge in [0.15, 0.2) is 0 Å². The van der Waals surface area contributed by atoms with Crippen molar-refractivity contribution in [2.75, 3.05) is 18.8 Å². The van der Waals surface area contributed by atoms with Crippen LogP contribution in [0.5, 0.6) is 0 Å². The van der Waals surface area contributed by atoms with Crippen LogP contribution in [0.25, 0.3) is 0 Å². The van der Waals surface area contributed by atoms with Gasteiger partial charge in [-0.25, -0.2) is 4.98 Å². The second-order valence-electron chi connectivity index (χ2n) is 5.89. The van der Waals surface area contributed by atoms with E-state index in [1.54, 1.807) is 12.3 Å². The predicted molar refractivity (Wildman–Crippen MR) is 95.9 cm³/mol. The summed E-state index contributed by atoms with van der Waals surface area (Å²) in [5, 5.41) is 9.05. The van der Waals surface area contributed by atoms with Crippen molar-refractivity contribution in [3.63, 3.8) is 0 Å². The fourth-order valence-corrected chi connectivity index (χ4v) is 2.62. The van der Waals surface area contributed by atoms with Gasteiger partial charge in [-0.1, -0.05) is 30.3 Å². The minimum Gasteiger partial charge on any atom is -0.480 e. The Labute approximate surface area is 147 Å². The monoisotopic (exact) mass is 341 g/mol. The molecule has 6 nitrogen and oxygen atoms in total. The highest BCUT2D eigenvalue weighted by atomic mass is 16.4. The first-order valence-corrected chi connectivity index (χ1v) is 8.28. The molecule has 0 bridgehead atoms. The second-order valence-corrected chi connectivity index (χ2v) is 5.89. The van der Waals surface area contributed by atoms with Gasteiger partial charge in [0, 0.05) is 19.2 Å². The van der Waals surface area contributed by atoms with E-state index in [4.69, 9.17) is 10.8 Å². The molecule has 1 aromatic carbocycles. The van der Waals surface area contributed by atoms with Crippen molar-refractivity contribution >= 4 is 17.7 Å². The van der Waals surface area contributed by atoms with Crippen molar-refractivity contribution in [3.8, 4) is 0 Å². The number of nitrogen functional groups attached to an aromatic ring is 1. The highest BCUT2D eigenvalue weighted by molar-refractivity contribution is 5.81. The van der Waals surface area contributed by atoms with Crippen LogP contribution in [0.2, 0.25) is 0 Å². The number of aromatic nitrogens is 1. The van der Waals surface area contributed by atoms with E-state index in [0.717, 1.165) is 11.1 Å². The fraction of sp³-hybridized carbons (Fsp3) is 0.316. The SMILES string of the molecule is Nc1cc(CCCC(=O)N(CCc2ccccc2)CC(=O)O)ccn1. The van der Waals surface area contributed by atoms with Crippen molar-refractivity contribution in [2.24, 2.45) is 0 Å². The van der Waals surface area contributed by atoms with Crippen LogP contribution in [0.3, 0.4) is 0 Å². The third-order valence-electron chi connectivity index (χ3n) is 3.89. The van der Waals surface area contributed by atoms with Crippen LogP contribution in [-0.4, -0.2) is 40.0 Å². The first kappa shape index (κ1) is 18.4. The molecule has 0 aliphatic heterocycles. The molecule has 0 fully saturated rings. The smallest absolute Gasteiger partial charge is 0.323 e. The third kappa shape index (κ3) is 6.63. The van der Waals surface area contributed by atoms with Crippen molar-refractivity contribution in [2.45, 2.75) is 25.7 Å². The largest absolute Gasteiger partial charge is 0.480 e. The summed E-state index contributed by atoms with van der Waals surface area (Å²) < 4.78 is 0. The van der Waals surface area contributed by atoms with Gasteiger partial charge in [-0.15, -0.1) is 0 Å². The summed E-state index contributed by atoms with van der Waals surface area (Å²) in [4.78, 5) is 28.8. The number of rotatable bonds is 9. The van der Waals surface area contributed by atoms with Crippen LogP contribution >= 0.6 is 0 Å². The molecule has 0 aliphatic rings. The topological polar surface area (TPSA) is 96.5 Å². The maximum Gasteiger partial charge on any atom is 0.323 e. The molecule has 3 N–H and O–H groups in total. The van der Waals surface area contributed by atoms with Crippen LogP contribution in [0.4, 0.5) is 5.82 Å². The molecule has 1 aromatic heterocycles. The first-order chi connectivity index (χ1) is 12.0. The van der Waals surface area contributed by atoms with Gasteiger partial charge in [0.25, 0.3) is 0 Å². The van der Waals surface area contributed by atoms with Crippen molar-refractivity contribution < 1.29 is 14.7 Å². The Bertz CT molecular complexity index is 704. The lowest BCUT2D eigenvalue weighted by atomic mass is 10.1. The van der Waals surface area contributed by atoms with Crippen LogP contribution in [0.15, 0.2) is 48.7 Å². The number of aliphatic carboxylic acids is 1. The highest BCUT2D eigenvalue weighted by Gasteiger charge is 2.16. The van der Waals surface area contributed by atoms with Gasteiger partial charge >= 0.3 is 5.97 Å². The number of nitrogens with zero attached hydrogens (tertiary/aromatic N) is 2. The Balaban J connectivity index is 1.85. The molecule has 0 saturated carbocycles. The van der Waals surface area contributed by atoms with E-state index >= 15 is 0 Å². The molecule has 2 aromatic rings. The van der Waals surface area contributed by atoms with Gasteiger partial charge in [-0.3, -0.25) is 9.59 Å². The first-order valence-electron chi connectivity index (χ1n) is 8.28. The molecule has 1 heterocycles. The van der Waals surface area contributed by atoms with Gasteiger partial charge in [0.1, 0.15) is 12.4 Å². The van der Waals surface area contributed by atoms with E-state index in [9.17, 15) is 9.59 Å². The van der Waals surface area contributed by atoms with Crippen molar-refractivity contribution in [1.82, 2.24) is 9.88 Å². The number of aryl methyl sites for hydroxylation is 1. The number of pyridine rings is 1.